The Labute approximate surface area is 88.3 Å². The van der Waals surface area contributed by atoms with Crippen LogP contribution >= 0.6 is 11.3 Å². The summed E-state index contributed by atoms with van der Waals surface area (Å²) in [6.45, 7) is 4.45. The standard InChI is InChI=1S/C10H16N2OS/c1-7-10(12-9(6-11)14-7)8-2-4-13-5-3-8/h8H,2-6,11H2,1H3. The summed E-state index contributed by atoms with van der Waals surface area (Å²) in [5.41, 5.74) is 6.85. The molecule has 0 amide bonds. The SMILES string of the molecule is Cc1sc(CN)nc1C1CCOCC1. The molecule has 0 spiro atoms. The lowest BCUT2D eigenvalue weighted by molar-refractivity contribution is 0.0845. The highest BCUT2D eigenvalue weighted by Gasteiger charge is 2.20. The van der Waals surface area contributed by atoms with Crippen LogP contribution in [0.3, 0.4) is 0 Å². The molecule has 0 aliphatic carbocycles. The average Bonchev–Trinajstić information content (AvgIpc) is 2.61. The van der Waals surface area contributed by atoms with E-state index in [1.165, 1.54) is 10.6 Å². The Kier molecular flexibility index (Phi) is 3.15. The maximum absolute atomic E-state index is 5.58. The second-order valence-electron chi connectivity index (χ2n) is 3.64. The first-order valence-electron chi connectivity index (χ1n) is 5.05. The number of hydrogen-bond acceptors (Lipinski definition) is 4. The van der Waals surface area contributed by atoms with Gasteiger partial charge in [0.25, 0.3) is 0 Å². The van der Waals surface area contributed by atoms with E-state index in [0.29, 0.717) is 12.5 Å². The largest absolute Gasteiger partial charge is 0.381 e. The Bertz CT molecular complexity index is 305. The predicted octanol–water partition coefficient (Wildman–Crippen LogP) is 1.80. The first-order chi connectivity index (χ1) is 6.81. The molecule has 2 rings (SSSR count). The van der Waals surface area contributed by atoms with E-state index in [0.717, 1.165) is 31.1 Å². The number of ether oxygens (including phenoxy) is 1. The molecule has 0 aromatic carbocycles. The Morgan fingerprint density at radius 3 is 2.79 bits per heavy atom. The quantitative estimate of drug-likeness (QED) is 0.813. The van der Waals surface area contributed by atoms with E-state index in [4.69, 9.17) is 10.5 Å². The maximum Gasteiger partial charge on any atom is 0.107 e. The van der Waals surface area contributed by atoms with Crippen LogP contribution in [0, 0.1) is 6.92 Å². The van der Waals surface area contributed by atoms with Gasteiger partial charge in [0.15, 0.2) is 0 Å². The van der Waals surface area contributed by atoms with Crippen LogP contribution in [0.4, 0.5) is 0 Å². The third-order valence-corrected chi connectivity index (χ3v) is 3.67. The van der Waals surface area contributed by atoms with E-state index in [2.05, 4.69) is 11.9 Å². The Morgan fingerprint density at radius 1 is 1.50 bits per heavy atom. The molecule has 1 aliphatic rings. The zero-order chi connectivity index (χ0) is 9.97. The van der Waals surface area contributed by atoms with Crippen molar-refractivity contribution in [1.82, 2.24) is 4.98 Å². The topological polar surface area (TPSA) is 48.1 Å². The summed E-state index contributed by atoms with van der Waals surface area (Å²) >= 11 is 1.73. The molecule has 3 nitrogen and oxygen atoms in total. The fraction of sp³-hybridized carbons (Fsp3) is 0.700. The fourth-order valence-corrected chi connectivity index (χ4v) is 2.80. The minimum Gasteiger partial charge on any atom is -0.381 e. The monoisotopic (exact) mass is 212 g/mol. The summed E-state index contributed by atoms with van der Waals surface area (Å²) in [6.07, 6.45) is 2.21. The summed E-state index contributed by atoms with van der Waals surface area (Å²) in [7, 11) is 0. The first kappa shape index (κ1) is 10.1. The van der Waals surface area contributed by atoms with Crippen LogP contribution in [-0.4, -0.2) is 18.2 Å². The summed E-state index contributed by atoms with van der Waals surface area (Å²) in [4.78, 5) is 5.92. The van der Waals surface area contributed by atoms with Gasteiger partial charge in [0.05, 0.1) is 5.69 Å². The number of aromatic nitrogens is 1. The van der Waals surface area contributed by atoms with Crippen molar-refractivity contribution >= 4 is 11.3 Å². The first-order valence-corrected chi connectivity index (χ1v) is 5.87. The van der Waals surface area contributed by atoms with Crippen LogP contribution in [-0.2, 0) is 11.3 Å². The average molecular weight is 212 g/mol. The van der Waals surface area contributed by atoms with Gasteiger partial charge in [-0.1, -0.05) is 0 Å². The molecule has 2 N–H and O–H groups in total. The van der Waals surface area contributed by atoms with Crippen LogP contribution in [0.25, 0.3) is 0 Å². The molecule has 0 radical (unpaired) electrons. The van der Waals surface area contributed by atoms with Crippen molar-refractivity contribution in [2.45, 2.75) is 32.2 Å². The summed E-state index contributed by atoms with van der Waals surface area (Å²) in [5, 5.41) is 1.06. The van der Waals surface area contributed by atoms with E-state index >= 15 is 0 Å². The van der Waals surface area contributed by atoms with Crippen LogP contribution in [0.1, 0.15) is 34.3 Å². The number of rotatable bonds is 2. The molecule has 1 aromatic rings. The molecule has 78 valence electrons. The molecular formula is C10H16N2OS. The number of nitrogens with two attached hydrogens (primary N) is 1. The summed E-state index contributed by atoms with van der Waals surface area (Å²) < 4.78 is 5.35. The Hall–Kier alpha value is -0.450. The zero-order valence-electron chi connectivity index (χ0n) is 8.45. The molecule has 0 bridgehead atoms. The van der Waals surface area contributed by atoms with E-state index in [1.807, 2.05) is 0 Å². The minimum absolute atomic E-state index is 0.564. The van der Waals surface area contributed by atoms with Gasteiger partial charge in [-0.2, -0.15) is 0 Å². The van der Waals surface area contributed by atoms with Gasteiger partial charge in [-0.3, -0.25) is 0 Å². The lowest BCUT2D eigenvalue weighted by Crippen LogP contribution is -2.15. The Balaban J connectivity index is 2.17. The number of aryl methyl sites for hydroxylation is 1. The van der Waals surface area contributed by atoms with Crippen LogP contribution in [0.2, 0.25) is 0 Å². The van der Waals surface area contributed by atoms with E-state index < -0.39 is 0 Å². The van der Waals surface area contributed by atoms with Crippen molar-refractivity contribution in [2.24, 2.45) is 5.73 Å². The highest BCUT2D eigenvalue weighted by molar-refractivity contribution is 7.11. The fourth-order valence-electron chi connectivity index (χ4n) is 1.90. The maximum atomic E-state index is 5.58. The van der Waals surface area contributed by atoms with E-state index in [9.17, 15) is 0 Å². The van der Waals surface area contributed by atoms with Crippen molar-refractivity contribution in [3.63, 3.8) is 0 Å². The molecule has 1 aliphatic heterocycles. The van der Waals surface area contributed by atoms with Gasteiger partial charge in [-0.15, -0.1) is 11.3 Å². The van der Waals surface area contributed by atoms with E-state index in [1.54, 1.807) is 11.3 Å². The summed E-state index contributed by atoms with van der Waals surface area (Å²) in [5.74, 6) is 0.597. The van der Waals surface area contributed by atoms with Crippen LogP contribution in [0.5, 0.6) is 0 Å². The van der Waals surface area contributed by atoms with Crippen molar-refractivity contribution in [1.29, 1.82) is 0 Å². The smallest absolute Gasteiger partial charge is 0.107 e. The molecule has 0 saturated carbocycles. The highest BCUT2D eigenvalue weighted by atomic mass is 32.1. The molecule has 0 atom stereocenters. The molecule has 4 heteroatoms. The van der Waals surface area contributed by atoms with Gasteiger partial charge in [0.2, 0.25) is 0 Å². The van der Waals surface area contributed by atoms with Crippen molar-refractivity contribution in [2.75, 3.05) is 13.2 Å². The molecule has 14 heavy (non-hydrogen) atoms. The lowest BCUT2D eigenvalue weighted by atomic mass is 9.96. The second kappa shape index (κ2) is 4.38. The van der Waals surface area contributed by atoms with Gasteiger partial charge in [0.1, 0.15) is 5.01 Å². The third kappa shape index (κ3) is 1.97. The second-order valence-corrected chi connectivity index (χ2v) is 4.93. The number of thiazole rings is 1. The molecule has 0 unspecified atom stereocenters. The van der Waals surface area contributed by atoms with Gasteiger partial charge in [0, 0.05) is 30.6 Å². The van der Waals surface area contributed by atoms with Gasteiger partial charge in [-0.25, -0.2) is 4.98 Å². The van der Waals surface area contributed by atoms with E-state index in [-0.39, 0.29) is 0 Å². The Morgan fingerprint density at radius 2 is 2.21 bits per heavy atom. The van der Waals surface area contributed by atoms with Crippen molar-refractivity contribution < 1.29 is 4.74 Å². The highest BCUT2D eigenvalue weighted by Crippen LogP contribution is 2.31. The lowest BCUT2D eigenvalue weighted by Gasteiger charge is -2.20. The number of hydrogen-bond donors (Lipinski definition) is 1. The third-order valence-electron chi connectivity index (χ3n) is 2.66. The van der Waals surface area contributed by atoms with Crippen LogP contribution in [0.15, 0.2) is 0 Å². The zero-order valence-corrected chi connectivity index (χ0v) is 9.27. The number of nitrogens with zero attached hydrogens (tertiary/aromatic N) is 1. The van der Waals surface area contributed by atoms with Gasteiger partial charge < -0.3 is 10.5 Å². The van der Waals surface area contributed by atoms with Crippen LogP contribution < -0.4 is 5.73 Å². The molecule has 1 saturated heterocycles. The molecule has 1 fully saturated rings. The van der Waals surface area contributed by atoms with Crippen molar-refractivity contribution in [3.05, 3.63) is 15.6 Å². The summed E-state index contributed by atoms with van der Waals surface area (Å²) in [6, 6.07) is 0. The minimum atomic E-state index is 0.564. The normalized spacial score (nSPS) is 18.7. The molecular weight excluding hydrogens is 196 g/mol. The predicted molar refractivity (Wildman–Crippen MR) is 57.5 cm³/mol. The van der Waals surface area contributed by atoms with Gasteiger partial charge >= 0.3 is 0 Å². The van der Waals surface area contributed by atoms with Gasteiger partial charge in [-0.05, 0) is 19.8 Å². The van der Waals surface area contributed by atoms with Crippen molar-refractivity contribution in [3.8, 4) is 0 Å². The molecule has 1 aromatic heterocycles. The molecule has 2 heterocycles.